The second-order valence-corrected chi connectivity index (χ2v) is 5.90. The highest BCUT2D eigenvalue weighted by Crippen LogP contribution is 2.18. The lowest BCUT2D eigenvalue weighted by Gasteiger charge is -2.42. The molecule has 2 heterocycles. The van der Waals surface area contributed by atoms with Gasteiger partial charge >= 0.3 is 5.97 Å². The lowest BCUT2D eigenvalue weighted by molar-refractivity contribution is 0.0593. The Kier molecular flexibility index (Phi) is 4.23. The number of carbonyl (C=O) groups is 1. The molecule has 1 aromatic rings. The van der Waals surface area contributed by atoms with Crippen LogP contribution in [0.25, 0.3) is 0 Å². The van der Waals surface area contributed by atoms with Crippen LogP contribution in [0, 0.1) is 0 Å². The Labute approximate surface area is 119 Å². The van der Waals surface area contributed by atoms with Crippen LogP contribution in [-0.4, -0.2) is 59.7 Å². The summed E-state index contributed by atoms with van der Waals surface area (Å²) in [5.41, 5.74) is 0.441. The number of ether oxygens (including phenoxy) is 1. The summed E-state index contributed by atoms with van der Waals surface area (Å²) in [7, 11) is 1.34. The van der Waals surface area contributed by atoms with Gasteiger partial charge in [-0.3, -0.25) is 4.90 Å². The Morgan fingerprint density at radius 3 is 2.25 bits per heavy atom. The summed E-state index contributed by atoms with van der Waals surface area (Å²) in [6.07, 6.45) is 3.11. The summed E-state index contributed by atoms with van der Waals surface area (Å²) in [4.78, 5) is 24.4. The fraction of sp³-hybridized carbons (Fsp3) is 0.643. The number of piperazine rings is 1. The molecular formula is C14H22N4O2. The zero-order valence-electron chi connectivity index (χ0n) is 12.6. The van der Waals surface area contributed by atoms with E-state index in [4.69, 9.17) is 0 Å². The van der Waals surface area contributed by atoms with Gasteiger partial charge < -0.3 is 9.64 Å². The number of esters is 1. The molecule has 1 aliphatic heterocycles. The predicted molar refractivity (Wildman–Crippen MR) is 76.9 cm³/mol. The molecule has 0 N–H and O–H groups in total. The highest BCUT2D eigenvalue weighted by atomic mass is 16.5. The van der Waals surface area contributed by atoms with E-state index in [1.807, 2.05) is 0 Å². The van der Waals surface area contributed by atoms with E-state index < -0.39 is 5.97 Å². The molecule has 0 aromatic carbocycles. The molecule has 1 aromatic heterocycles. The summed E-state index contributed by atoms with van der Waals surface area (Å²) < 4.78 is 4.61. The lowest BCUT2D eigenvalue weighted by Crippen LogP contribution is -2.53. The fourth-order valence-corrected chi connectivity index (χ4v) is 2.30. The van der Waals surface area contributed by atoms with Crippen molar-refractivity contribution >= 4 is 11.8 Å². The molecule has 0 saturated carbocycles. The minimum Gasteiger partial charge on any atom is -0.464 e. The van der Waals surface area contributed by atoms with E-state index in [1.165, 1.54) is 13.3 Å². The first-order chi connectivity index (χ1) is 9.41. The quantitative estimate of drug-likeness (QED) is 0.757. The highest BCUT2D eigenvalue weighted by Gasteiger charge is 2.26. The Morgan fingerprint density at radius 2 is 1.80 bits per heavy atom. The molecule has 0 aliphatic carbocycles. The van der Waals surface area contributed by atoms with E-state index in [2.05, 4.69) is 45.3 Å². The third kappa shape index (κ3) is 3.25. The van der Waals surface area contributed by atoms with Crippen LogP contribution in [0.3, 0.4) is 0 Å². The van der Waals surface area contributed by atoms with Crippen molar-refractivity contribution in [1.82, 2.24) is 14.9 Å². The van der Waals surface area contributed by atoms with E-state index in [-0.39, 0.29) is 11.2 Å². The van der Waals surface area contributed by atoms with Crippen LogP contribution in [0.1, 0.15) is 31.3 Å². The van der Waals surface area contributed by atoms with Crippen LogP contribution in [0.15, 0.2) is 12.4 Å². The first-order valence-electron chi connectivity index (χ1n) is 6.82. The standard InChI is InChI=1S/C14H22N4O2/c1-14(2,3)18-7-5-17(6-8-18)12-10-15-11(9-16-12)13(19)20-4/h9-10H,5-8H2,1-4H3. The zero-order valence-corrected chi connectivity index (χ0v) is 12.6. The molecule has 0 radical (unpaired) electrons. The van der Waals surface area contributed by atoms with Gasteiger partial charge in [0.05, 0.1) is 19.5 Å². The van der Waals surface area contributed by atoms with Crippen molar-refractivity contribution in [2.45, 2.75) is 26.3 Å². The summed E-state index contributed by atoms with van der Waals surface area (Å²) in [5, 5.41) is 0. The summed E-state index contributed by atoms with van der Waals surface area (Å²) in [5.74, 6) is 0.354. The molecule has 110 valence electrons. The Balaban J connectivity index is 1.99. The van der Waals surface area contributed by atoms with Crippen LogP contribution in [-0.2, 0) is 4.74 Å². The highest BCUT2D eigenvalue weighted by molar-refractivity contribution is 5.86. The van der Waals surface area contributed by atoms with Crippen LogP contribution in [0.4, 0.5) is 5.82 Å². The van der Waals surface area contributed by atoms with Crippen molar-refractivity contribution in [2.75, 3.05) is 38.2 Å². The second-order valence-electron chi connectivity index (χ2n) is 5.90. The summed E-state index contributed by atoms with van der Waals surface area (Å²) >= 11 is 0. The Bertz CT molecular complexity index is 459. The number of hydrogen-bond acceptors (Lipinski definition) is 6. The maximum atomic E-state index is 11.3. The van der Waals surface area contributed by atoms with E-state index in [0.717, 1.165) is 32.0 Å². The van der Waals surface area contributed by atoms with Gasteiger partial charge in [0.2, 0.25) is 0 Å². The van der Waals surface area contributed by atoms with Crippen molar-refractivity contribution in [1.29, 1.82) is 0 Å². The number of hydrogen-bond donors (Lipinski definition) is 0. The number of nitrogens with zero attached hydrogens (tertiary/aromatic N) is 4. The normalized spacial score (nSPS) is 17.1. The monoisotopic (exact) mass is 278 g/mol. The van der Waals surface area contributed by atoms with E-state index >= 15 is 0 Å². The van der Waals surface area contributed by atoms with Crippen molar-refractivity contribution in [3.05, 3.63) is 18.1 Å². The number of rotatable bonds is 2. The van der Waals surface area contributed by atoms with E-state index in [0.29, 0.717) is 0 Å². The minimum atomic E-state index is -0.457. The topological polar surface area (TPSA) is 58.6 Å². The minimum absolute atomic E-state index is 0.201. The van der Waals surface area contributed by atoms with Crippen LogP contribution in [0.2, 0.25) is 0 Å². The number of carbonyl (C=O) groups excluding carboxylic acids is 1. The molecule has 0 spiro atoms. The average Bonchev–Trinajstić information content (AvgIpc) is 2.46. The fourth-order valence-electron chi connectivity index (χ4n) is 2.30. The van der Waals surface area contributed by atoms with Gasteiger partial charge in [-0.05, 0) is 20.8 Å². The number of aromatic nitrogens is 2. The van der Waals surface area contributed by atoms with Crippen LogP contribution >= 0.6 is 0 Å². The summed E-state index contributed by atoms with van der Waals surface area (Å²) in [6.45, 7) is 10.5. The third-order valence-corrected chi connectivity index (χ3v) is 3.59. The first kappa shape index (κ1) is 14.7. The summed E-state index contributed by atoms with van der Waals surface area (Å²) in [6, 6.07) is 0. The Hall–Kier alpha value is -1.69. The van der Waals surface area contributed by atoms with Gasteiger partial charge in [-0.2, -0.15) is 0 Å². The van der Waals surface area contributed by atoms with E-state index in [1.54, 1.807) is 6.20 Å². The zero-order chi connectivity index (χ0) is 14.8. The number of anilines is 1. The third-order valence-electron chi connectivity index (χ3n) is 3.59. The Morgan fingerprint density at radius 1 is 1.15 bits per heavy atom. The molecule has 1 aliphatic rings. The smallest absolute Gasteiger partial charge is 0.358 e. The van der Waals surface area contributed by atoms with Gasteiger partial charge in [0, 0.05) is 31.7 Å². The van der Waals surface area contributed by atoms with E-state index in [9.17, 15) is 4.79 Å². The van der Waals surface area contributed by atoms with Gasteiger partial charge in [-0.1, -0.05) is 0 Å². The lowest BCUT2D eigenvalue weighted by atomic mass is 10.1. The van der Waals surface area contributed by atoms with Crippen molar-refractivity contribution in [2.24, 2.45) is 0 Å². The molecule has 0 unspecified atom stereocenters. The van der Waals surface area contributed by atoms with Crippen LogP contribution in [0.5, 0.6) is 0 Å². The molecule has 0 bridgehead atoms. The van der Waals surface area contributed by atoms with Gasteiger partial charge in [-0.15, -0.1) is 0 Å². The maximum Gasteiger partial charge on any atom is 0.358 e. The molecule has 6 heteroatoms. The maximum absolute atomic E-state index is 11.3. The van der Waals surface area contributed by atoms with Gasteiger partial charge in [-0.25, -0.2) is 14.8 Å². The molecule has 2 rings (SSSR count). The van der Waals surface area contributed by atoms with Gasteiger partial charge in [0.1, 0.15) is 5.82 Å². The van der Waals surface area contributed by atoms with Crippen LogP contribution < -0.4 is 4.90 Å². The molecule has 6 nitrogen and oxygen atoms in total. The second kappa shape index (κ2) is 5.75. The van der Waals surface area contributed by atoms with Crippen molar-refractivity contribution in [3.63, 3.8) is 0 Å². The molecular weight excluding hydrogens is 256 g/mol. The van der Waals surface area contributed by atoms with Gasteiger partial charge in [0.15, 0.2) is 5.69 Å². The molecule has 0 amide bonds. The van der Waals surface area contributed by atoms with Crippen molar-refractivity contribution in [3.8, 4) is 0 Å². The molecule has 20 heavy (non-hydrogen) atoms. The average molecular weight is 278 g/mol. The molecule has 1 fully saturated rings. The molecule has 0 atom stereocenters. The first-order valence-corrected chi connectivity index (χ1v) is 6.82. The SMILES string of the molecule is COC(=O)c1cnc(N2CCN(C(C)(C)C)CC2)cn1. The van der Waals surface area contributed by atoms with Crippen molar-refractivity contribution < 1.29 is 9.53 Å². The largest absolute Gasteiger partial charge is 0.464 e. The predicted octanol–water partition coefficient (Wildman–Crippen LogP) is 1.18. The van der Waals surface area contributed by atoms with Gasteiger partial charge in [0.25, 0.3) is 0 Å². The molecule has 1 saturated heterocycles. The number of methoxy groups -OCH3 is 1.